The molecule has 40 heavy (non-hydrogen) atoms. The number of carbonyl (C=O) groups is 1. The van der Waals surface area contributed by atoms with E-state index in [1.54, 1.807) is 35.5 Å². The van der Waals surface area contributed by atoms with E-state index >= 15 is 0 Å². The molecule has 9 nitrogen and oxygen atoms in total. The highest BCUT2D eigenvalue weighted by Gasteiger charge is 2.35. The van der Waals surface area contributed by atoms with Crippen LogP contribution in [0.15, 0.2) is 60.6 Å². The molecule has 0 saturated carbocycles. The van der Waals surface area contributed by atoms with Crippen LogP contribution in [0.25, 0.3) is 22.2 Å². The third kappa shape index (κ3) is 5.36. The highest BCUT2D eigenvalue weighted by atomic mass is 35.5. The molecule has 14 heteroatoms. The molecule has 0 radical (unpaired) electrons. The zero-order chi connectivity index (χ0) is 28.6. The number of halogens is 5. The molecule has 0 spiro atoms. The van der Waals surface area contributed by atoms with E-state index in [-0.39, 0.29) is 27.7 Å². The average molecular weight is 592 g/mol. The Hall–Kier alpha value is -4.03. The first-order chi connectivity index (χ1) is 19.1. The van der Waals surface area contributed by atoms with Crippen molar-refractivity contribution in [2.45, 2.75) is 25.6 Å². The molecular formula is C26H22Cl2F3N7O2. The lowest BCUT2D eigenvalue weighted by Crippen LogP contribution is -2.42. The van der Waals surface area contributed by atoms with E-state index < -0.39 is 17.9 Å². The van der Waals surface area contributed by atoms with Crippen molar-refractivity contribution in [1.29, 1.82) is 0 Å². The molecule has 1 unspecified atom stereocenters. The van der Waals surface area contributed by atoms with Gasteiger partial charge in [0.05, 0.1) is 24.5 Å². The van der Waals surface area contributed by atoms with Crippen LogP contribution in [0.3, 0.4) is 0 Å². The number of methoxy groups -OCH3 is 1. The van der Waals surface area contributed by atoms with E-state index in [1.807, 2.05) is 18.1 Å². The number of rotatable bonds is 7. The second kappa shape index (κ2) is 10.9. The molecule has 0 bridgehead atoms. The molecule has 1 amide bonds. The van der Waals surface area contributed by atoms with Crippen LogP contribution in [-0.4, -0.2) is 55.7 Å². The lowest BCUT2D eigenvalue weighted by atomic mass is 9.98. The molecule has 2 aromatic heterocycles. The fourth-order valence-electron chi connectivity index (χ4n) is 4.58. The van der Waals surface area contributed by atoms with Crippen molar-refractivity contribution in [3.8, 4) is 5.69 Å². The summed E-state index contributed by atoms with van der Waals surface area (Å²) in [7, 11) is 1.51. The highest BCUT2D eigenvalue weighted by molar-refractivity contribution is 6.31. The largest absolute Gasteiger partial charge is 0.495 e. The van der Waals surface area contributed by atoms with Crippen LogP contribution in [0.4, 0.5) is 18.9 Å². The maximum atomic E-state index is 13.3. The van der Waals surface area contributed by atoms with Gasteiger partial charge in [-0.25, -0.2) is 4.68 Å². The van der Waals surface area contributed by atoms with E-state index in [0.717, 1.165) is 5.57 Å². The Bertz CT molecular complexity index is 1640. The van der Waals surface area contributed by atoms with Crippen molar-refractivity contribution in [3.05, 3.63) is 82.1 Å². The minimum Gasteiger partial charge on any atom is -0.495 e. The van der Waals surface area contributed by atoms with E-state index in [1.165, 1.54) is 30.0 Å². The van der Waals surface area contributed by atoms with E-state index in [2.05, 4.69) is 20.7 Å². The van der Waals surface area contributed by atoms with Gasteiger partial charge in [0.25, 0.3) is 0 Å². The minimum absolute atomic E-state index is 0.128. The molecule has 0 fully saturated rings. The maximum absolute atomic E-state index is 13.3. The molecule has 2 N–H and O–H groups in total. The molecule has 1 atom stereocenters. The van der Waals surface area contributed by atoms with Crippen LogP contribution >= 0.6 is 23.2 Å². The van der Waals surface area contributed by atoms with Gasteiger partial charge in [0.2, 0.25) is 5.91 Å². The number of ether oxygens (including phenoxy) is 1. The van der Waals surface area contributed by atoms with Gasteiger partial charge in [-0.3, -0.25) is 9.89 Å². The number of alkyl halides is 3. The first-order valence-electron chi connectivity index (χ1n) is 12.1. The van der Waals surface area contributed by atoms with E-state index in [0.29, 0.717) is 35.0 Å². The number of anilines is 1. The molecule has 208 valence electrons. The first kappa shape index (κ1) is 27.5. The summed E-state index contributed by atoms with van der Waals surface area (Å²) < 4.78 is 47.2. The van der Waals surface area contributed by atoms with E-state index in [9.17, 15) is 18.0 Å². The molecule has 1 aliphatic rings. The number of H-pyrrole nitrogens is 1. The standard InChI is InChI=1S/C26H22Cl2F3N7O2/c1-3-20(25(39)32-15-5-6-19-18(11-15)24(35-33-19)26(29,30)31)37-9-8-16(22(12-37)40-2)17-10-14(27)4-7-21(17)38-13-23(28)34-36-38/h4-8,10-13,20H,3,9H2,1-2H3,(H,32,39)(H,33,35). The number of amides is 1. The topological polar surface area (TPSA) is 101 Å². The zero-order valence-corrected chi connectivity index (χ0v) is 22.6. The summed E-state index contributed by atoms with van der Waals surface area (Å²) in [4.78, 5) is 15.1. The Morgan fingerprint density at radius 1 is 1.23 bits per heavy atom. The van der Waals surface area contributed by atoms with Gasteiger partial charge < -0.3 is 15.0 Å². The van der Waals surface area contributed by atoms with Crippen LogP contribution in [0.1, 0.15) is 24.6 Å². The molecule has 2 aromatic carbocycles. The third-order valence-electron chi connectivity index (χ3n) is 6.43. The second-order valence-electron chi connectivity index (χ2n) is 8.90. The number of fused-ring (bicyclic) bond motifs is 1. The normalized spacial score (nSPS) is 14.6. The SMILES string of the molecule is CCC(C(=O)Nc1ccc2n[nH]c(C(F)(F)F)c2c1)N1C=C(OC)C(c2cc(Cl)ccc2-n2cc(Cl)nn2)=CC1. The maximum Gasteiger partial charge on any atom is 0.433 e. The predicted octanol–water partition coefficient (Wildman–Crippen LogP) is 6.07. The number of carbonyl (C=O) groups excluding carboxylic acids is 1. The van der Waals surface area contributed by atoms with E-state index in [4.69, 9.17) is 27.9 Å². The van der Waals surface area contributed by atoms with Crippen LogP contribution in [-0.2, 0) is 15.7 Å². The first-order valence-corrected chi connectivity index (χ1v) is 12.8. The highest BCUT2D eigenvalue weighted by Crippen LogP contribution is 2.35. The summed E-state index contributed by atoms with van der Waals surface area (Å²) in [6.07, 6.45) is 1.00. The molecule has 3 heterocycles. The smallest absolute Gasteiger partial charge is 0.433 e. The fraction of sp³-hybridized carbons (Fsp3) is 0.231. The van der Waals surface area contributed by atoms with Gasteiger partial charge in [-0.05, 0) is 42.8 Å². The zero-order valence-electron chi connectivity index (χ0n) is 21.1. The van der Waals surface area contributed by atoms with Gasteiger partial charge in [-0.2, -0.15) is 18.3 Å². The minimum atomic E-state index is -4.61. The Labute approximate surface area is 236 Å². The van der Waals surface area contributed by atoms with Gasteiger partial charge in [-0.1, -0.05) is 41.4 Å². The number of benzene rings is 2. The van der Waals surface area contributed by atoms with Crippen molar-refractivity contribution in [3.63, 3.8) is 0 Å². The summed E-state index contributed by atoms with van der Waals surface area (Å²) in [5.74, 6) is 0.0880. The number of hydrogen-bond acceptors (Lipinski definition) is 6. The third-order valence-corrected chi connectivity index (χ3v) is 6.84. The molecule has 0 aliphatic carbocycles. The summed E-state index contributed by atoms with van der Waals surface area (Å²) >= 11 is 12.3. The number of nitrogens with one attached hydrogen (secondary N) is 2. The Balaban J connectivity index is 1.40. The molecule has 0 saturated heterocycles. The predicted molar refractivity (Wildman–Crippen MR) is 145 cm³/mol. The molecule has 1 aliphatic heterocycles. The average Bonchev–Trinajstić information content (AvgIpc) is 3.55. The molecule has 5 rings (SSSR count). The summed E-state index contributed by atoms with van der Waals surface area (Å²) in [5.41, 5.74) is 1.51. The van der Waals surface area contributed by atoms with Crippen LogP contribution in [0, 0.1) is 0 Å². The van der Waals surface area contributed by atoms with Crippen molar-refractivity contribution >= 4 is 51.3 Å². The Morgan fingerprint density at radius 3 is 2.70 bits per heavy atom. The summed E-state index contributed by atoms with van der Waals surface area (Å²) in [5, 5.41) is 16.9. The number of aromatic amines is 1. The summed E-state index contributed by atoms with van der Waals surface area (Å²) in [6.45, 7) is 2.19. The number of allylic oxidation sites excluding steroid dienone is 1. The Kier molecular flexibility index (Phi) is 7.47. The van der Waals surface area contributed by atoms with Crippen LogP contribution in [0.2, 0.25) is 10.2 Å². The summed E-state index contributed by atoms with van der Waals surface area (Å²) in [6, 6.07) is 8.82. The lowest BCUT2D eigenvalue weighted by Gasteiger charge is -2.32. The van der Waals surface area contributed by atoms with Gasteiger partial charge in [0.1, 0.15) is 17.5 Å². The van der Waals surface area contributed by atoms with Gasteiger partial charge in [0, 0.05) is 40.0 Å². The lowest BCUT2D eigenvalue weighted by molar-refractivity contribution is -0.139. The van der Waals surface area contributed by atoms with Gasteiger partial charge >= 0.3 is 6.18 Å². The molecular weight excluding hydrogens is 570 g/mol. The number of aromatic nitrogens is 5. The monoisotopic (exact) mass is 591 g/mol. The van der Waals surface area contributed by atoms with Gasteiger partial charge in [0.15, 0.2) is 5.15 Å². The number of hydrogen-bond donors (Lipinski definition) is 2. The fourth-order valence-corrected chi connectivity index (χ4v) is 4.88. The quantitative estimate of drug-likeness (QED) is 0.270. The van der Waals surface area contributed by atoms with Crippen molar-refractivity contribution in [1.82, 2.24) is 30.1 Å². The van der Waals surface area contributed by atoms with Crippen molar-refractivity contribution in [2.24, 2.45) is 0 Å². The molecule has 4 aromatic rings. The van der Waals surface area contributed by atoms with Crippen molar-refractivity contribution in [2.75, 3.05) is 19.0 Å². The van der Waals surface area contributed by atoms with Crippen LogP contribution < -0.4 is 5.32 Å². The Morgan fingerprint density at radius 2 is 2.02 bits per heavy atom. The van der Waals surface area contributed by atoms with Crippen molar-refractivity contribution < 1.29 is 22.7 Å². The second-order valence-corrected chi connectivity index (χ2v) is 9.72. The number of nitrogens with zero attached hydrogens (tertiary/aromatic N) is 5. The van der Waals surface area contributed by atoms with Gasteiger partial charge in [-0.15, -0.1) is 5.10 Å². The van der Waals surface area contributed by atoms with Crippen LogP contribution in [0.5, 0.6) is 0 Å².